The second-order valence-electron chi connectivity index (χ2n) is 3.67. The number of aromatic hydroxyl groups is 2. The van der Waals surface area contributed by atoms with E-state index in [-0.39, 0.29) is 17.5 Å². The molecule has 0 heterocycles. The quantitative estimate of drug-likeness (QED) is 0.550. The molecule has 0 spiro atoms. The minimum atomic E-state index is -0.158. The third-order valence-electron chi connectivity index (χ3n) is 2.32. The summed E-state index contributed by atoms with van der Waals surface area (Å²) in [5.41, 5.74) is 12.0. The predicted octanol–water partition coefficient (Wildman–Crippen LogP) is 1.23. The van der Waals surface area contributed by atoms with E-state index in [1.54, 1.807) is 12.1 Å². The van der Waals surface area contributed by atoms with Gasteiger partial charge in [-0.1, -0.05) is 6.42 Å². The van der Waals surface area contributed by atoms with Crippen molar-refractivity contribution in [2.24, 2.45) is 11.5 Å². The predicted molar refractivity (Wildman–Crippen MR) is 59.6 cm³/mol. The molecule has 0 aliphatic heterocycles. The minimum absolute atomic E-state index is 0.0410. The van der Waals surface area contributed by atoms with E-state index in [1.807, 2.05) is 0 Å². The fraction of sp³-hybridized carbons (Fsp3) is 0.455. The molecule has 4 nitrogen and oxygen atoms in total. The highest BCUT2D eigenvalue weighted by molar-refractivity contribution is 5.37. The molecule has 1 aromatic rings. The molecule has 0 unspecified atom stereocenters. The summed E-state index contributed by atoms with van der Waals surface area (Å²) < 4.78 is 0. The van der Waals surface area contributed by atoms with Crippen LogP contribution in [-0.4, -0.2) is 16.8 Å². The number of nitrogens with two attached hydrogens (primary N) is 2. The number of hydrogen-bond donors (Lipinski definition) is 4. The molecule has 0 saturated carbocycles. The fourth-order valence-electron chi connectivity index (χ4n) is 1.51. The van der Waals surface area contributed by atoms with Crippen LogP contribution >= 0.6 is 0 Å². The number of phenols is 2. The van der Waals surface area contributed by atoms with Gasteiger partial charge in [-0.3, -0.25) is 0 Å². The van der Waals surface area contributed by atoms with Crippen LogP contribution in [0.3, 0.4) is 0 Å². The van der Waals surface area contributed by atoms with E-state index in [2.05, 4.69) is 0 Å². The maximum atomic E-state index is 9.28. The lowest BCUT2D eigenvalue weighted by atomic mass is 10.0. The van der Waals surface area contributed by atoms with Gasteiger partial charge < -0.3 is 21.7 Å². The SMILES string of the molecule is NCCCC[C@@H](N)c1cc(O)cc(O)c1. The Hall–Kier alpha value is -1.26. The van der Waals surface area contributed by atoms with Gasteiger partial charge in [-0.15, -0.1) is 0 Å². The molecule has 84 valence electrons. The second-order valence-corrected chi connectivity index (χ2v) is 3.67. The van der Waals surface area contributed by atoms with Gasteiger partial charge in [0.2, 0.25) is 0 Å². The molecule has 0 radical (unpaired) electrons. The maximum absolute atomic E-state index is 9.28. The number of rotatable bonds is 5. The largest absolute Gasteiger partial charge is 0.508 e. The second kappa shape index (κ2) is 5.58. The van der Waals surface area contributed by atoms with Gasteiger partial charge in [0, 0.05) is 12.1 Å². The Morgan fingerprint density at radius 2 is 1.67 bits per heavy atom. The Labute approximate surface area is 89.5 Å². The average Bonchev–Trinajstić information content (AvgIpc) is 2.16. The van der Waals surface area contributed by atoms with Crippen LogP contribution in [0.4, 0.5) is 0 Å². The van der Waals surface area contributed by atoms with Crippen molar-refractivity contribution in [2.45, 2.75) is 25.3 Å². The van der Waals surface area contributed by atoms with Crippen molar-refractivity contribution in [3.05, 3.63) is 23.8 Å². The number of unbranched alkanes of at least 4 members (excludes halogenated alkanes) is 1. The van der Waals surface area contributed by atoms with Crippen LogP contribution in [0.25, 0.3) is 0 Å². The number of phenolic OH excluding ortho intramolecular Hbond substituents is 2. The third-order valence-corrected chi connectivity index (χ3v) is 2.32. The maximum Gasteiger partial charge on any atom is 0.119 e. The van der Waals surface area contributed by atoms with Crippen molar-refractivity contribution in [3.63, 3.8) is 0 Å². The first-order valence-corrected chi connectivity index (χ1v) is 5.12. The van der Waals surface area contributed by atoms with Crippen molar-refractivity contribution in [1.29, 1.82) is 0 Å². The van der Waals surface area contributed by atoms with E-state index in [0.29, 0.717) is 6.54 Å². The third kappa shape index (κ3) is 3.77. The molecule has 6 N–H and O–H groups in total. The molecule has 0 bridgehead atoms. The molecule has 0 aliphatic rings. The average molecular weight is 210 g/mol. The molecule has 0 fully saturated rings. The van der Waals surface area contributed by atoms with E-state index in [1.165, 1.54) is 6.07 Å². The molecule has 1 atom stereocenters. The van der Waals surface area contributed by atoms with Crippen molar-refractivity contribution < 1.29 is 10.2 Å². The summed E-state index contributed by atoms with van der Waals surface area (Å²) in [5, 5.41) is 18.6. The molecule has 4 heteroatoms. The lowest BCUT2D eigenvalue weighted by Gasteiger charge is -2.12. The number of hydrogen-bond acceptors (Lipinski definition) is 4. The zero-order valence-corrected chi connectivity index (χ0v) is 8.69. The first-order chi connectivity index (χ1) is 7.13. The first kappa shape index (κ1) is 11.8. The summed E-state index contributed by atoms with van der Waals surface area (Å²) in [7, 11) is 0. The van der Waals surface area contributed by atoms with Gasteiger partial charge in [0.05, 0.1) is 0 Å². The summed E-state index contributed by atoms with van der Waals surface area (Å²) >= 11 is 0. The van der Waals surface area contributed by atoms with Gasteiger partial charge in [0.1, 0.15) is 11.5 Å². The van der Waals surface area contributed by atoms with Crippen molar-refractivity contribution in [1.82, 2.24) is 0 Å². The molecule has 0 aliphatic carbocycles. The van der Waals surface area contributed by atoms with Crippen LogP contribution in [0.1, 0.15) is 30.9 Å². The van der Waals surface area contributed by atoms with Gasteiger partial charge in [0.15, 0.2) is 0 Å². The Bertz CT molecular complexity index is 295. The topological polar surface area (TPSA) is 92.5 Å². The smallest absolute Gasteiger partial charge is 0.119 e. The summed E-state index contributed by atoms with van der Waals surface area (Å²) in [6, 6.07) is 4.28. The summed E-state index contributed by atoms with van der Waals surface area (Å²) in [5.74, 6) is 0.0820. The van der Waals surface area contributed by atoms with E-state index in [9.17, 15) is 10.2 Å². The van der Waals surface area contributed by atoms with Gasteiger partial charge >= 0.3 is 0 Å². The van der Waals surface area contributed by atoms with Gasteiger partial charge in [-0.05, 0) is 37.1 Å². The Morgan fingerprint density at radius 3 is 2.20 bits per heavy atom. The zero-order valence-electron chi connectivity index (χ0n) is 8.69. The van der Waals surface area contributed by atoms with Gasteiger partial charge in [0.25, 0.3) is 0 Å². The normalized spacial score (nSPS) is 12.7. The fourth-order valence-corrected chi connectivity index (χ4v) is 1.51. The molecular weight excluding hydrogens is 192 g/mol. The van der Waals surface area contributed by atoms with Crippen LogP contribution in [0.2, 0.25) is 0 Å². The molecular formula is C11H18N2O2. The first-order valence-electron chi connectivity index (χ1n) is 5.12. The lowest BCUT2D eigenvalue weighted by Crippen LogP contribution is -2.10. The molecule has 1 aromatic carbocycles. The number of benzene rings is 1. The van der Waals surface area contributed by atoms with Crippen LogP contribution in [-0.2, 0) is 0 Å². The Kier molecular flexibility index (Phi) is 4.39. The van der Waals surface area contributed by atoms with Crippen LogP contribution in [0.5, 0.6) is 11.5 Å². The molecule has 15 heavy (non-hydrogen) atoms. The monoisotopic (exact) mass is 210 g/mol. The van der Waals surface area contributed by atoms with E-state index < -0.39 is 0 Å². The van der Waals surface area contributed by atoms with Crippen LogP contribution in [0, 0.1) is 0 Å². The zero-order chi connectivity index (χ0) is 11.3. The summed E-state index contributed by atoms with van der Waals surface area (Å²) in [6.07, 6.45) is 2.70. The highest BCUT2D eigenvalue weighted by atomic mass is 16.3. The molecule has 0 amide bonds. The summed E-state index contributed by atoms with van der Waals surface area (Å²) in [4.78, 5) is 0. The molecule has 1 rings (SSSR count). The standard InChI is InChI=1S/C11H18N2O2/c12-4-2-1-3-11(13)8-5-9(14)7-10(15)6-8/h5-7,11,14-15H,1-4,12-13H2/t11-/m1/s1. The van der Waals surface area contributed by atoms with E-state index >= 15 is 0 Å². The van der Waals surface area contributed by atoms with Crippen molar-refractivity contribution in [3.8, 4) is 11.5 Å². The van der Waals surface area contributed by atoms with Crippen molar-refractivity contribution >= 4 is 0 Å². The highest BCUT2D eigenvalue weighted by Gasteiger charge is 2.07. The van der Waals surface area contributed by atoms with Crippen molar-refractivity contribution in [2.75, 3.05) is 6.54 Å². The van der Waals surface area contributed by atoms with Gasteiger partial charge in [-0.25, -0.2) is 0 Å². The van der Waals surface area contributed by atoms with E-state index in [4.69, 9.17) is 11.5 Å². The van der Waals surface area contributed by atoms with Crippen LogP contribution < -0.4 is 11.5 Å². The van der Waals surface area contributed by atoms with Gasteiger partial charge in [-0.2, -0.15) is 0 Å². The highest BCUT2D eigenvalue weighted by Crippen LogP contribution is 2.25. The van der Waals surface area contributed by atoms with Crippen LogP contribution in [0.15, 0.2) is 18.2 Å². The lowest BCUT2D eigenvalue weighted by molar-refractivity contribution is 0.447. The Balaban J connectivity index is 2.60. The Morgan fingerprint density at radius 1 is 1.07 bits per heavy atom. The molecule has 0 aromatic heterocycles. The van der Waals surface area contributed by atoms with E-state index in [0.717, 1.165) is 24.8 Å². The molecule has 0 saturated heterocycles. The minimum Gasteiger partial charge on any atom is -0.508 e. The summed E-state index contributed by atoms with van der Waals surface area (Å²) in [6.45, 7) is 0.665.